The zero-order valence-corrected chi connectivity index (χ0v) is 27.7. The number of aromatic nitrogens is 2. The summed E-state index contributed by atoms with van der Waals surface area (Å²) in [6.07, 6.45) is 0.641. The number of rotatable bonds is 6. The van der Waals surface area contributed by atoms with Crippen molar-refractivity contribution in [1.82, 2.24) is 20.8 Å². The number of hydrogen-bond donors (Lipinski definition) is 4. The molecule has 3 aliphatic rings. The van der Waals surface area contributed by atoms with E-state index in [-0.39, 0.29) is 35.5 Å². The van der Waals surface area contributed by atoms with Gasteiger partial charge in [-0.15, -0.1) is 5.48 Å². The number of nitrogens with zero attached hydrogens (tertiary/aromatic N) is 2. The molecule has 5 heterocycles. The van der Waals surface area contributed by atoms with Crippen molar-refractivity contribution in [3.05, 3.63) is 117 Å². The number of amides is 2. The molecular weight excluding hydrogens is 696 g/mol. The topological polar surface area (TPSA) is 184 Å². The fourth-order valence-electron chi connectivity index (χ4n) is 6.72. The van der Waals surface area contributed by atoms with Crippen LogP contribution in [0.1, 0.15) is 69.1 Å². The Balaban J connectivity index is 1.33. The summed E-state index contributed by atoms with van der Waals surface area (Å²) in [6, 6.07) is 18.2. The number of primary amides is 1. The summed E-state index contributed by atoms with van der Waals surface area (Å²) in [5.41, 5.74) is 10.7. The molecule has 49 heavy (non-hydrogen) atoms. The number of fused-ring (bicyclic) bond motifs is 4. The predicted octanol–water partition coefficient (Wildman–Crippen LogP) is 4.77. The minimum Gasteiger partial charge on any atom is -0.469 e. The Bertz CT molecular complexity index is 2150. The highest BCUT2D eigenvalue weighted by Crippen LogP contribution is 2.60. The SMILES string of the molecule is CC(C)[C@@H]1NC(=O)C(NOC(=O)c2ccccc2)Cc2ccc3c(c2)C2(c4cccc(Br)c4NC2O3)c2oc1nc2-c1nc(C(N)=O)co1. The van der Waals surface area contributed by atoms with E-state index in [2.05, 4.69) is 37.0 Å². The van der Waals surface area contributed by atoms with Gasteiger partial charge in [0.1, 0.15) is 29.5 Å². The van der Waals surface area contributed by atoms with Crippen molar-refractivity contribution in [2.45, 2.75) is 44.0 Å². The van der Waals surface area contributed by atoms with E-state index < -0.39 is 41.5 Å². The molecule has 1 spiro atoms. The number of hydroxylamine groups is 1. The van der Waals surface area contributed by atoms with Crippen LogP contribution in [0.3, 0.4) is 0 Å². The standard InChI is InChI=1S/C35H29BrN6O7/c1-16(2)25-32-40-27(31-38-23(15-46-31)29(37)43)28(48-32)35-19-9-6-10-21(36)26(19)41-34(35)47-24-12-11-17(13-20(24)35)14-22(30(44)39-25)42-49-33(45)18-7-4-3-5-8-18/h3-13,15-16,22,25,34,41-42H,14H2,1-2H3,(H2,37,43)(H,39,44)/t22?,25-,34?,35?/m0/s1. The number of ether oxygens (including phenoxy) is 1. The molecule has 0 fully saturated rings. The molecule has 248 valence electrons. The summed E-state index contributed by atoms with van der Waals surface area (Å²) in [7, 11) is 0. The molecule has 13 nitrogen and oxygen atoms in total. The van der Waals surface area contributed by atoms with Crippen molar-refractivity contribution in [2.75, 3.05) is 5.32 Å². The van der Waals surface area contributed by atoms with E-state index >= 15 is 0 Å². The van der Waals surface area contributed by atoms with Crippen molar-refractivity contribution in [2.24, 2.45) is 11.7 Å². The van der Waals surface area contributed by atoms with Gasteiger partial charge in [0.15, 0.2) is 23.4 Å². The van der Waals surface area contributed by atoms with Crippen LogP contribution in [-0.4, -0.2) is 40.0 Å². The number of halogens is 1. The molecule has 0 radical (unpaired) electrons. The summed E-state index contributed by atoms with van der Waals surface area (Å²) in [5.74, 6) is -0.946. The van der Waals surface area contributed by atoms with Crippen LogP contribution in [0.25, 0.3) is 11.6 Å². The van der Waals surface area contributed by atoms with E-state index in [0.29, 0.717) is 17.1 Å². The first kappa shape index (κ1) is 30.8. The lowest BCUT2D eigenvalue weighted by Crippen LogP contribution is -2.48. The van der Waals surface area contributed by atoms with Crippen LogP contribution in [0.2, 0.25) is 0 Å². The second kappa shape index (κ2) is 11.6. The third-order valence-corrected chi connectivity index (χ3v) is 9.73. The molecule has 4 atom stereocenters. The minimum absolute atomic E-state index is 0.0102. The number of anilines is 1. The van der Waals surface area contributed by atoms with Gasteiger partial charge in [-0.3, -0.25) is 9.59 Å². The highest BCUT2D eigenvalue weighted by atomic mass is 79.9. The Morgan fingerprint density at radius 1 is 1.06 bits per heavy atom. The maximum atomic E-state index is 14.0. The van der Waals surface area contributed by atoms with Crippen LogP contribution < -0.4 is 26.6 Å². The number of para-hydroxylation sites is 1. The zero-order chi connectivity index (χ0) is 34.0. The van der Waals surface area contributed by atoms with E-state index in [0.717, 1.165) is 26.9 Å². The highest BCUT2D eigenvalue weighted by molar-refractivity contribution is 9.10. The average Bonchev–Trinajstić information content (AvgIpc) is 3.87. The van der Waals surface area contributed by atoms with Crippen molar-refractivity contribution in [1.29, 1.82) is 0 Å². The number of hydrogen-bond acceptors (Lipinski definition) is 11. The van der Waals surface area contributed by atoms with Gasteiger partial charge >= 0.3 is 5.97 Å². The normalized spacial score (nSPS) is 21.8. The molecule has 3 aromatic carbocycles. The molecule has 0 saturated carbocycles. The largest absolute Gasteiger partial charge is 0.469 e. The Morgan fingerprint density at radius 2 is 1.88 bits per heavy atom. The van der Waals surface area contributed by atoms with E-state index in [9.17, 15) is 14.4 Å². The lowest BCUT2D eigenvalue weighted by molar-refractivity contribution is -0.127. The Kier molecular flexibility index (Phi) is 7.30. The molecule has 0 aliphatic carbocycles. The molecule has 4 bridgehead atoms. The number of nitrogens with two attached hydrogens (primary N) is 1. The van der Waals surface area contributed by atoms with Gasteiger partial charge < -0.3 is 34.8 Å². The van der Waals surface area contributed by atoms with Crippen molar-refractivity contribution in [3.8, 4) is 17.3 Å². The summed E-state index contributed by atoms with van der Waals surface area (Å²) in [4.78, 5) is 53.6. The Morgan fingerprint density at radius 3 is 2.63 bits per heavy atom. The van der Waals surface area contributed by atoms with E-state index in [1.807, 2.05) is 50.2 Å². The summed E-state index contributed by atoms with van der Waals surface area (Å²) < 4.78 is 20.0. The zero-order valence-electron chi connectivity index (χ0n) is 26.2. The molecule has 14 heteroatoms. The predicted molar refractivity (Wildman–Crippen MR) is 177 cm³/mol. The number of carbonyl (C=O) groups excluding carboxylic acids is 3. The monoisotopic (exact) mass is 724 g/mol. The second-order valence-electron chi connectivity index (χ2n) is 12.4. The van der Waals surface area contributed by atoms with Gasteiger partial charge in [-0.1, -0.05) is 56.3 Å². The van der Waals surface area contributed by atoms with Gasteiger partial charge in [0.2, 0.25) is 17.7 Å². The first-order valence-electron chi connectivity index (χ1n) is 15.6. The number of carbonyl (C=O) groups is 3. The number of nitrogens with one attached hydrogen (secondary N) is 3. The van der Waals surface area contributed by atoms with E-state index in [1.54, 1.807) is 30.3 Å². The molecule has 3 aliphatic heterocycles. The van der Waals surface area contributed by atoms with Crippen LogP contribution in [-0.2, 0) is 21.5 Å². The maximum Gasteiger partial charge on any atom is 0.356 e. The van der Waals surface area contributed by atoms with Gasteiger partial charge in [-0.2, -0.15) is 0 Å². The number of oxazole rings is 2. The first-order valence-corrected chi connectivity index (χ1v) is 16.4. The molecule has 2 amide bonds. The van der Waals surface area contributed by atoms with Gasteiger partial charge in [-0.25, -0.2) is 14.8 Å². The van der Waals surface area contributed by atoms with E-state index in [4.69, 9.17) is 29.1 Å². The molecule has 3 unspecified atom stereocenters. The third kappa shape index (κ3) is 4.89. The van der Waals surface area contributed by atoms with Gasteiger partial charge in [-0.05, 0) is 58.1 Å². The molecule has 5 N–H and O–H groups in total. The fourth-order valence-corrected chi connectivity index (χ4v) is 7.20. The molecule has 8 rings (SSSR count). The van der Waals surface area contributed by atoms with Crippen LogP contribution in [0.4, 0.5) is 5.69 Å². The summed E-state index contributed by atoms with van der Waals surface area (Å²) in [5, 5.41) is 6.58. The Hall–Kier alpha value is -5.47. The quantitative estimate of drug-likeness (QED) is 0.177. The first-order chi connectivity index (χ1) is 23.6. The van der Waals surface area contributed by atoms with Gasteiger partial charge in [0.25, 0.3) is 5.91 Å². The van der Waals surface area contributed by atoms with Crippen LogP contribution in [0.15, 0.2) is 86.3 Å². The summed E-state index contributed by atoms with van der Waals surface area (Å²) >= 11 is 3.69. The minimum atomic E-state index is -1.13. The maximum absolute atomic E-state index is 14.0. The van der Waals surface area contributed by atoms with Gasteiger partial charge in [0.05, 0.1) is 11.3 Å². The number of benzene rings is 3. The lowest BCUT2D eigenvalue weighted by atomic mass is 9.72. The molecule has 2 aromatic heterocycles. The molecule has 5 aromatic rings. The highest BCUT2D eigenvalue weighted by Gasteiger charge is 2.61. The average molecular weight is 726 g/mol. The molecular formula is C35H29BrN6O7. The lowest BCUT2D eigenvalue weighted by Gasteiger charge is -2.28. The summed E-state index contributed by atoms with van der Waals surface area (Å²) in [6.45, 7) is 3.83. The van der Waals surface area contributed by atoms with Crippen molar-refractivity contribution >= 4 is 39.4 Å². The van der Waals surface area contributed by atoms with E-state index in [1.165, 1.54) is 6.26 Å². The molecule has 0 saturated heterocycles. The fraction of sp³-hybridized carbons (Fsp3) is 0.229. The van der Waals surface area contributed by atoms with Crippen LogP contribution in [0, 0.1) is 5.92 Å². The van der Waals surface area contributed by atoms with Crippen molar-refractivity contribution < 1.29 is 32.8 Å². The van der Waals surface area contributed by atoms with Crippen molar-refractivity contribution in [3.63, 3.8) is 0 Å². The van der Waals surface area contributed by atoms with Crippen LogP contribution in [0.5, 0.6) is 5.75 Å². The Labute approximate surface area is 287 Å². The van der Waals surface area contributed by atoms with Crippen LogP contribution >= 0.6 is 15.9 Å². The smallest absolute Gasteiger partial charge is 0.356 e. The second-order valence-corrected chi connectivity index (χ2v) is 13.3. The van der Waals surface area contributed by atoms with Gasteiger partial charge in [0, 0.05) is 15.6 Å². The third-order valence-electron chi connectivity index (χ3n) is 9.07.